The Morgan fingerprint density at radius 1 is 0.419 bits per heavy atom. The minimum atomic E-state index is 1.21. The summed E-state index contributed by atoms with van der Waals surface area (Å²) in [6, 6.07) is 37.9. The SMILES string of the molecule is c1ccc(-n2c3ccc4ccc5cccc6c7cc8ccccc8c2c7c3c4c56)cc1. The van der Waals surface area contributed by atoms with Gasteiger partial charge in [-0.05, 0) is 56.6 Å². The zero-order chi connectivity index (χ0) is 20.1. The van der Waals surface area contributed by atoms with Gasteiger partial charge in [-0.25, -0.2) is 0 Å². The van der Waals surface area contributed by atoms with Crippen LogP contribution in [0.25, 0.3) is 70.6 Å². The van der Waals surface area contributed by atoms with Crippen LogP contribution in [-0.4, -0.2) is 4.57 Å². The van der Waals surface area contributed by atoms with E-state index in [9.17, 15) is 0 Å². The van der Waals surface area contributed by atoms with Gasteiger partial charge in [0.15, 0.2) is 0 Å². The van der Waals surface area contributed by atoms with Crippen molar-refractivity contribution in [2.24, 2.45) is 0 Å². The van der Waals surface area contributed by atoms with Gasteiger partial charge < -0.3 is 4.57 Å². The van der Waals surface area contributed by atoms with E-state index in [-0.39, 0.29) is 0 Å². The van der Waals surface area contributed by atoms with E-state index in [4.69, 9.17) is 0 Å². The van der Waals surface area contributed by atoms with E-state index >= 15 is 0 Å². The maximum absolute atomic E-state index is 2.47. The minimum Gasteiger partial charge on any atom is -0.309 e. The van der Waals surface area contributed by atoms with E-state index in [2.05, 4.69) is 108 Å². The van der Waals surface area contributed by atoms with E-state index in [1.807, 2.05) is 0 Å². The molecule has 0 bridgehead atoms. The van der Waals surface area contributed by atoms with E-state index in [1.54, 1.807) is 0 Å². The molecular weight excluding hydrogens is 374 g/mol. The monoisotopic (exact) mass is 391 g/mol. The molecular formula is C30H17N. The fraction of sp³-hybridized carbons (Fsp3) is 0. The van der Waals surface area contributed by atoms with Gasteiger partial charge in [0.1, 0.15) is 0 Å². The summed E-state index contributed by atoms with van der Waals surface area (Å²) in [7, 11) is 0. The van der Waals surface area contributed by atoms with Gasteiger partial charge in [0, 0.05) is 27.2 Å². The smallest absolute Gasteiger partial charge is 0.0625 e. The van der Waals surface area contributed by atoms with Crippen LogP contribution < -0.4 is 0 Å². The van der Waals surface area contributed by atoms with E-state index in [0.29, 0.717) is 0 Å². The second-order valence-electron chi connectivity index (χ2n) is 8.57. The number of hydrogen-bond donors (Lipinski definition) is 0. The number of aromatic nitrogens is 1. The van der Waals surface area contributed by atoms with Crippen molar-refractivity contribution in [1.82, 2.24) is 4.57 Å². The molecule has 0 atom stereocenters. The fourth-order valence-corrected chi connectivity index (χ4v) is 5.84. The first-order chi connectivity index (χ1) is 15.4. The average Bonchev–Trinajstić information content (AvgIpc) is 3.19. The molecule has 0 fully saturated rings. The molecule has 1 nitrogen and oxygen atoms in total. The fourth-order valence-electron chi connectivity index (χ4n) is 5.84. The van der Waals surface area contributed by atoms with E-state index in [1.165, 1.54) is 70.6 Å². The van der Waals surface area contributed by atoms with Crippen LogP contribution >= 0.6 is 0 Å². The van der Waals surface area contributed by atoms with Gasteiger partial charge in [0.05, 0.1) is 11.0 Å². The molecule has 31 heavy (non-hydrogen) atoms. The summed E-state index contributed by atoms with van der Waals surface area (Å²) >= 11 is 0. The minimum absolute atomic E-state index is 1.21. The molecule has 0 saturated carbocycles. The van der Waals surface area contributed by atoms with Crippen molar-refractivity contribution in [1.29, 1.82) is 0 Å². The van der Waals surface area contributed by atoms with Gasteiger partial charge in [-0.3, -0.25) is 0 Å². The first-order valence-electron chi connectivity index (χ1n) is 10.8. The second-order valence-corrected chi connectivity index (χ2v) is 8.57. The van der Waals surface area contributed by atoms with Gasteiger partial charge in [-0.2, -0.15) is 0 Å². The number of rotatable bonds is 1. The largest absolute Gasteiger partial charge is 0.309 e. The molecule has 0 unspecified atom stereocenters. The summed E-state index contributed by atoms with van der Waals surface area (Å²) in [5, 5.41) is 13.5. The van der Waals surface area contributed by atoms with Crippen molar-refractivity contribution in [3.05, 3.63) is 103 Å². The van der Waals surface area contributed by atoms with Crippen LogP contribution in [0.1, 0.15) is 0 Å². The Morgan fingerprint density at radius 3 is 2.03 bits per heavy atom. The molecule has 0 radical (unpaired) electrons. The number of fused-ring (bicyclic) bond motifs is 3. The third-order valence-electron chi connectivity index (χ3n) is 7.05. The van der Waals surface area contributed by atoms with Crippen molar-refractivity contribution in [3.8, 4) is 5.69 Å². The quantitative estimate of drug-likeness (QED) is 0.196. The summed E-state index contributed by atoms with van der Waals surface area (Å²) in [6.07, 6.45) is 0. The summed E-state index contributed by atoms with van der Waals surface area (Å²) in [4.78, 5) is 0. The number of hydrogen-bond acceptors (Lipinski definition) is 0. The Labute approximate surface area is 178 Å². The average molecular weight is 391 g/mol. The highest BCUT2D eigenvalue weighted by Gasteiger charge is 2.23. The lowest BCUT2D eigenvalue weighted by Gasteiger charge is -2.14. The van der Waals surface area contributed by atoms with Crippen LogP contribution in [0.5, 0.6) is 0 Å². The van der Waals surface area contributed by atoms with Gasteiger partial charge in [-0.1, -0.05) is 78.9 Å². The maximum atomic E-state index is 2.47. The molecule has 0 amide bonds. The van der Waals surface area contributed by atoms with E-state index < -0.39 is 0 Å². The predicted molar refractivity (Wildman–Crippen MR) is 133 cm³/mol. The molecule has 0 aliphatic rings. The highest BCUT2D eigenvalue weighted by molar-refractivity contribution is 6.42. The van der Waals surface area contributed by atoms with Gasteiger partial charge in [0.2, 0.25) is 0 Å². The Balaban J connectivity index is 1.83. The molecule has 0 aliphatic carbocycles. The van der Waals surface area contributed by atoms with Crippen molar-refractivity contribution >= 4 is 64.9 Å². The van der Waals surface area contributed by atoms with Crippen LogP contribution in [0.3, 0.4) is 0 Å². The second kappa shape index (κ2) is 5.33. The summed E-state index contributed by atoms with van der Waals surface area (Å²) < 4.78 is 2.47. The van der Waals surface area contributed by atoms with Gasteiger partial charge in [-0.15, -0.1) is 0 Å². The van der Waals surface area contributed by atoms with Crippen LogP contribution in [0.2, 0.25) is 0 Å². The molecule has 7 aromatic carbocycles. The normalized spacial score (nSPS) is 12.5. The number of para-hydroxylation sites is 1. The number of nitrogens with zero attached hydrogens (tertiary/aromatic N) is 1. The van der Waals surface area contributed by atoms with Crippen molar-refractivity contribution in [2.45, 2.75) is 0 Å². The molecule has 1 heterocycles. The Bertz CT molecular complexity index is 1920. The molecule has 142 valence electrons. The summed E-state index contributed by atoms with van der Waals surface area (Å²) in [5.74, 6) is 0. The molecule has 0 spiro atoms. The third-order valence-corrected chi connectivity index (χ3v) is 7.05. The number of benzene rings is 7. The van der Waals surface area contributed by atoms with Crippen LogP contribution in [0, 0.1) is 0 Å². The standard InChI is InChI=1S/C30H17N/c1-2-9-21(10-3-1)31-25-16-15-19-14-13-18-8-6-12-23-24-17-20-7-4-5-11-22(20)30(31)28(24)29(25)27(19)26(18)23/h1-17H. The van der Waals surface area contributed by atoms with Gasteiger partial charge >= 0.3 is 0 Å². The molecule has 8 aromatic rings. The lowest BCUT2D eigenvalue weighted by molar-refractivity contribution is 1.19. The Hall–Kier alpha value is -4.10. The molecule has 0 N–H and O–H groups in total. The molecule has 8 rings (SSSR count). The molecule has 1 heteroatoms. The van der Waals surface area contributed by atoms with Gasteiger partial charge in [0.25, 0.3) is 0 Å². The summed E-state index contributed by atoms with van der Waals surface area (Å²) in [5.41, 5.74) is 3.81. The maximum Gasteiger partial charge on any atom is 0.0625 e. The molecule has 1 aromatic heterocycles. The third kappa shape index (κ3) is 1.79. The topological polar surface area (TPSA) is 4.93 Å². The Kier molecular flexibility index (Phi) is 2.70. The molecule has 0 aliphatic heterocycles. The zero-order valence-electron chi connectivity index (χ0n) is 16.8. The Morgan fingerprint density at radius 2 is 1.13 bits per heavy atom. The van der Waals surface area contributed by atoms with Crippen molar-refractivity contribution < 1.29 is 0 Å². The first-order valence-corrected chi connectivity index (χ1v) is 10.8. The van der Waals surface area contributed by atoms with Crippen LogP contribution in [-0.2, 0) is 0 Å². The highest BCUT2D eigenvalue weighted by atomic mass is 15.0. The lowest BCUT2D eigenvalue weighted by atomic mass is 9.88. The highest BCUT2D eigenvalue weighted by Crippen LogP contribution is 2.48. The van der Waals surface area contributed by atoms with E-state index in [0.717, 1.165) is 0 Å². The predicted octanol–water partition coefficient (Wildman–Crippen LogP) is 8.27. The zero-order valence-corrected chi connectivity index (χ0v) is 16.8. The lowest BCUT2D eigenvalue weighted by Crippen LogP contribution is -1.93. The van der Waals surface area contributed by atoms with Crippen molar-refractivity contribution in [3.63, 3.8) is 0 Å². The van der Waals surface area contributed by atoms with Crippen LogP contribution in [0.4, 0.5) is 0 Å². The first kappa shape index (κ1) is 15.7. The molecule has 0 saturated heterocycles. The summed E-state index contributed by atoms with van der Waals surface area (Å²) in [6.45, 7) is 0. The van der Waals surface area contributed by atoms with Crippen molar-refractivity contribution in [2.75, 3.05) is 0 Å². The van der Waals surface area contributed by atoms with Crippen LogP contribution in [0.15, 0.2) is 103 Å².